The van der Waals surface area contributed by atoms with E-state index in [1.54, 1.807) is 0 Å². The topological polar surface area (TPSA) is 56.7 Å². The molecule has 1 saturated heterocycles. The summed E-state index contributed by atoms with van der Waals surface area (Å²) in [5, 5.41) is 8.88. The molecular weight excluding hydrogens is 218 g/mol. The smallest absolute Gasteiger partial charge is 0.407 e. The summed E-state index contributed by atoms with van der Waals surface area (Å²) >= 11 is 0. The SMILES string of the molecule is Cc1cnc(N2CCN(C(=O)O)CC2)c(C)c1. The number of nitrogens with zero attached hydrogens (tertiary/aromatic N) is 3. The van der Waals surface area contributed by atoms with Crippen molar-refractivity contribution in [1.82, 2.24) is 9.88 Å². The molecule has 0 unspecified atom stereocenters. The molecule has 1 aromatic heterocycles. The molecule has 2 heterocycles. The molecule has 5 nitrogen and oxygen atoms in total. The Kier molecular flexibility index (Phi) is 3.17. The van der Waals surface area contributed by atoms with Gasteiger partial charge in [-0.25, -0.2) is 9.78 Å². The maximum atomic E-state index is 10.8. The van der Waals surface area contributed by atoms with Gasteiger partial charge in [-0.1, -0.05) is 6.07 Å². The third-order valence-electron chi connectivity index (χ3n) is 3.04. The first-order valence-corrected chi connectivity index (χ1v) is 5.74. The lowest BCUT2D eigenvalue weighted by atomic mass is 10.2. The largest absolute Gasteiger partial charge is 0.465 e. The Balaban J connectivity index is 2.08. The van der Waals surface area contributed by atoms with Gasteiger partial charge in [-0.3, -0.25) is 0 Å². The van der Waals surface area contributed by atoms with Crippen molar-refractivity contribution >= 4 is 11.9 Å². The van der Waals surface area contributed by atoms with Crippen molar-refractivity contribution in [2.24, 2.45) is 0 Å². The predicted octanol–water partition coefficient (Wildman–Crippen LogP) is 1.50. The first kappa shape index (κ1) is 11.7. The van der Waals surface area contributed by atoms with Crippen molar-refractivity contribution in [3.05, 3.63) is 23.4 Å². The van der Waals surface area contributed by atoms with Crippen LogP contribution in [-0.2, 0) is 0 Å². The lowest BCUT2D eigenvalue weighted by molar-refractivity contribution is 0.142. The van der Waals surface area contributed by atoms with Gasteiger partial charge in [0.25, 0.3) is 0 Å². The minimum absolute atomic E-state index is 0.546. The van der Waals surface area contributed by atoms with E-state index in [1.165, 1.54) is 4.90 Å². The summed E-state index contributed by atoms with van der Waals surface area (Å²) in [5.74, 6) is 0.973. The summed E-state index contributed by atoms with van der Waals surface area (Å²) in [6.07, 6.45) is 1.02. The summed E-state index contributed by atoms with van der Waals surface area (Å²) in [6.45, 7) is 6.58. The molecule has 1 aromatic rings. The van der Waals surface area contributed by atoms with Crippen LogP contribution in [0.4, 0.5) is 10.6 Å². The first-order valence-electron chi connectivity index (χ1n) is 5.74. The highest BCUT2D eigenvalue weighted by Gasteiger charge is 2.21. The summed E-state index contributed by atoms with van der Waals surface area (Å²) < 4.78 is 0. The molecule has 1 aliphatic heterocycles. The number of rotatable bonds is 1. The Bertz CT molecular complexity index is 426. The second-order valence-corrected chi connectivity index (χ2v) is 4.41. The van der Waals surface area contributed by atoms with E-state index in [-0.39, 0.29) is 0 Å². The Morgan fingerprint density at radius 3 is 2.47 bits per heavy atom. The number of carbonyl (C=O) groups is 1. The number of hydrogen-bond donors (Lipinski definition) is 1. The van der Waals surface area contributed by atoms with Crippen molar-refractivity contribution in [1.29, 1.82) is 0 Å². The molecule has 0 aliphatic carbocycles. The van der Waals surface area contributed by atoms with Gasteiger partial charge < -0.3 is 14.9 Å². The zero-order valence-electron chi connectivity index (χ0n) is 10.2. The monoisotopic (exact) mass is 235 g/mol. The highest BCUT2D eigenvalue weighted by molar-refractivity contribution is 5.65. The molecule has 1 aliphatic rings. The Morgan fingerprint density at radius 1 is 1.29 bits per heavy atom. The van der Waals surface area contributed by atoms with E-state index in [9.17, 15) is 4.79 Å². The predicted molar refractivity (Wildman–Crippen MR) is 65.5 cm³/mol. The van der Waals surface area contributed by atoms with Crippen LogP contribution in [0, 0.1) is 13.8 Å². The fraction of sp³-hybridized carbons (Fsp3) is 0.500. The molecule has 0 radical (unpaired) electrons. The summed E-state index contributed by atoms with van der Waals surface area (Å²) in [6, 6.07) is 2.10. The number of anilines is 1. The first-order chi connectivity index (χ1) is 8.08. The van der Waals surface area contributed by atoms with Gasteiger partial charge in [-0.15, -0.1) is 0 Å². The van der Waals surface area contributed by atoms with Gasteiger partial charge in [0.15, 0.2) is 0 Å². The Labute approximate surface area is 101 Å². The molecule has 0 bridgehead atoms. The molecular formula is C12H17N3O2. The molecule has 0 saturated carbocycles. The van der Waals surface area contributed by atoms with Gasteiger partial charge in [0.1, 0.15) is 5.82 Å². The molecule has 1 fully saturated rings. The van der Waals surface area contributed by atoms with Crippen molar-refractivity contribution < 1.29 is 9.90 Å². The van der Waals surface area contributed by atoms with E-state index in [1.807, 2.05) is 20.0 Å². The molecule has 92 valence electrons. The van der Waals surface area contributed by atoms with Crippen LogP contribution >= 0.6 is 0 Å². The number of aromatic nitrogens is 1. The van der Waals surface area contributed by atoms with Gasteiger partial charge in [0.05, 0.1) is 0 Å². The van der Waals surface area contributed by atoms with E-state index in [4.69, 9.17) is 5.11 Å². The second kappa shape index (κ2) is 4.61. The van der Waals surface area contributed by atoms with Crippen molar-refractivity contribution in [2.75, 3.05) is 31.1 Å². The average molecular weight is 235 g/mol. The lowest BCUT2D eigenvalue weighted by Gasteiger charge is -2.34. The third-order valence-corrected chi connectivity index (χ3v) is 3.04. The Hall–Kier alpha value is -1.78. The van der Waals surface area contributed by atoms with Crippen LogP contribution in [0.1, 0.15) is 11.1 Å². The molecule has 5 heteroatoms. The molecule has 1 amide bonds. The minimum Gasteiger partial charge on any atom is -0.465 e. The number of hydrogen-bond acceptors (Lipinski definition) is 3. The highest BCUT2D eigenvalue weighted by Crippen LogP contribution is 2.19. The molecule has 0 atom stereocenters. The lowest BCUT2D eigenvalue weighted by Crippen LogP contribution is -2.48. The summed E-state index contributed by atoms with van der Waals surface area (Å²) in [7, 11) is 0. The van der Waals surface area contributed by atoms with Crippen LogP contribution < -0.4 is 4.90 Å². The fourth-order valence-corrected chi connectivity index (χ4v) is 2.15. The van der Waals surface area contributed by atoms with E-state index >= 15 is 0 Å². The van der Waals surface area contributed by atoms with Crippen molar-refractivity contribution in [3.8, 4) is 0 Å². The van der Waals surface area contributed by atoms with E-state index in [0.717, 1.165) is 16.9 Å². The molecule has 0 aromatic carbocycles. The van der Waals surface area contributed by atoms with Gasteiger partial charge in [0.2, 0.25) is 0 Å². The second-order valence-electron chi connectivity index (χ2n) is 4.41. The highest BCUT2D eigenvalue weighted by atomic mass is 16.4. The van der Waals surface area contributed by atoms with Crippen LogP contribution in [0.2, 0.25) is 0 Å². The number of piperazine rings is 1. The minimum atomic E-state index is -0.835. The molecule has 17 heavy (non-hydrogen) atoms. The van der Waals surface area contributed by atoms with E-state index < -0.39 is 6.09 Å². The van der Waals surface area contributed by atoms with Crippen molar-refractivity contribution in [2.45, 2.75) is 13.8 Å². The maximum absolute atomic E-state index is 10.8. The third kappa shape index (κ3) is 2.49. The normalized spacial score (nSPS) is 16.1. The fourth-order valence-electron chi connectivity index (χ4n) is 2.15. The van der Waals surface area contributed by atoms with Crippen LogP contribution in [0.25, 0.3) is 0 Å². The summed E-state index contributed by atoms with van der Waals surface area (Å²) in [4.78, 5) is 18.8. The zero-order valence-corrected chi connectivity index (χ0v) is 10.2. The zero-order chi connectivity index (χ0) is 12.4. The number of aryl methyl sites for hydroxylation is 2. The molecule has 2 rings (SSSR count). The number of amides is 1. The van der Waals surface area contributed by atoms with Crippen LogP contribution in [0.15, 0.2) is 12.3 Å². The van der Waals surface area contributed by atoms with E-state index in [2.05, 4.69) is 16.0 Å². The van der Waals surface area contributed by atoms with Crippen LogP contribution in [0.5, 0.6) is 0 Å². The maximum Gasteiger partial charge on any atom is 0.407 e. The van der Waals surface area contributed by atoms with Crippen LogP contribution in [-0.4, -0.2) is 47.3 Å². The van der Waals surface area contributed by atoms with Gasteiger partial charge >= 0.3 is 6.09 Å². The quantitative estimate of drug-likeness (QED) is 0.801. The van der Waals surface area contributed by atoms with Crippen LogP contribution in [0.3, 0.4) is 0 Å². The van der Waals surface area contributed by atoms with E-state index in [0.29, 0.717) is 26.2 Å². The molecule has 0 spiro atoms. The molecule has 1 N–H and O–H groups in total. The number of carboxylic acid groups (broad SMARTS) is 1. The number of pyridine rings is 1. The van der Waals surface area contributed by atoms with Crippen molar-refractivity contribution in [3.63, 3.8) is 0 Å². The summed E-state index contributed by atoms with van der Waals surface area (Å²) in [5.41, 5.74) is 2.30. The van der Waals surface area contributed by atoms with Gasteiger partial charge in [0, 0.05) is 32.4 Å². The standard InChI is InChI=1S/C12H17N3O2/c1-9-7-10(2)11(13-8-9)14-3-5-15(6-4-14)12(16)17/h7-8H,3-6H2,1-2H3,(H,16,17). The average Bonchev–Trinajstić information content (AvgIpc) is 2.29. The van der Waals surface area contributed by atoms with Gasteiger partial charge in [-0.2, -0.15) is 0 Å². The van der Waals surface area contributed by atoms with Gasteiger partial charge in [-0.05, 0) is 25.0 Å². The Morgan fingerprint density at radius 2 is 1.94 bits per heavy atom.